The monoisotopic (exact) mass is 294 g/mol. The van der Waals surface area contributed by atoms with Gasteiger partial charge in [0, 0.05) is 10.4 Å². The fraction of sp³-hybridized carbons (Fsp3) is 0.0833. The Bertz CT molecular complexity index is 491. The van der Waals surface area contributed by atoms with Crippen molar-refractivity contribution in [2.45, 2.75) is 6.54 Å². The summed E-state index contributed by atoms with van der Waals surface area (Å²) in [5.41, 5.74) is 6.86. The highest BCUT2D eigenvalue weighted by molar-refractivity contribution is 9.11. The zero-order valence-corrected chi connectivity index (χ0v) is 11.0. The molecule has 0 bridgehead atoms. The lowest BCUT2D eigenvalue weighted by Crippen LogP contribution is -2.13. The Labute approximate surface area is 107 Å². The molecule has 0 fully saturated rings. The van der Waals surface area contributed by atoms with Crippen LogP contribution >= 0.6 is 27.3 Å². The summed E-state index contributed by atoms with van der Waals surface area (Å²) in [7, 11) is 0. The maximum absolute atomic E-state index is 5.89. The van der Waals surface area contributed by atoms with Crippen LogP contribution in [0.2, 0.25) is 0 Å². The van der Waals surface area contributed by atoms with Gasteiger partial charge >= 0.3 is 0 Å². The van der Waals surface area contributed by atoms with Crippen molar-refractivity contribution in [2.75, 3.05) is 0 Å². The molecule has 1 aromatic carbocycles. The van der Waals surface area contributed by atoms with E-state index in [0.717, 1.165) is 9.35 Å². The number of thiophene rings is 1. The maximum atomic E-state index is 5.89. The molecule has 2 nitrogen and oxygen atoms in total. The number of nitrogens with two attached hydrogens (primary N) is 1. The van der Waals surface area contributed by atoms with E-state index in [0.29, 0.717) is 12.4 Å². The van der Waals surface area contributed by atoms with Gasteiger partial charge in [-0.2, -0.15) is 0 Å². The number of hydrogen-bond acceptors (Lipinski definition) is 2. The second-order valence-electron chi connectivity index (χ2n) is 3.27. The summed E-state index contributed by atoms with van der Waals surface area (Å²) < 4.78 is 1.12. The number of aliphatic imine (C=N–C) groups is 1. The Morgan fingerprint density at radius 1 is 1.19 bits per heavy atom. The van der Waals surface area contributed by atoms with Crippen LogP contribution in [0.4, 0.5) is 0 Å². The lowest BCUT2D eigenvalue weighted by atomic mass is 10.2. The average molecular weight is 295 g/mol. The molecular weight excluding hydrogens is 284 g/mol. The first-order valence-electron chi connectivity index (χ1n) is 4.85. The van der Waals surface area contributed by atoms with Crippen LogP contribution in [-0.2, 0) is 6.54 Å². The minimum Gasteiger partial charge on any atom is -0.383 e. The normalized spacial score (nSPS) is 11.7. The van der Waals surface area contributed by atoms with Crippen molar-refractivity contribution < 1.29 is 0 Å². The zero-order chi connectivity index (χ0) is 11.4. The van der Waals surface area contributed by atoms with E-state index in [2.05, 4.69) is 27.0 Å². The molecule has 1 aromatic heterocycles. The molecule has 2 rings (SSSR count). The van der Waals surface area contributed by atoms with Crippen molar-refractivity contribution in [1.82, 2.24) is 0 Å². The molecule has 2 N–H and O–H groups in total. The van der Waals surface area contributed by atoms with Crippen LogP contribution in [0.5, 0.6) is 0 Å². The Morgan fingerprint density at radius 3 is 2.56 bits per heavy atom. The predicted octanol–water partition coefficient (Wildman–Crippen LogP) is 3.42. The summed E-state index contributed by atoms with van der Waals surface area (Å²) in [5.74, 6) is 0.588. The molecule has 4 heteroatoms. The Hall–Kier alpha value is -1.13. The molecule has 0 saturated carbocycles. The third-order valence-corrected chi connectivity index (χ3v) is 3.71. The second kappa shape index (κ2) is 5.27. The second-order valence-corrected chi connectivity index (χ2v) is 5.82. The van der Waals surface area contributed by atoms with Gasteiger partial charge in [-0.05, 0) is 28.1 Å². The lowest BCUT2D eigenvalue weighted by Gasteiger charge is -1.99. The highest BCUT2D eigenvalue weighted by Crippen LogP contribution is 2.22. The van der Waals surface area contributed by atoms with Gasteiger partial charge in [0.2, 0.25) is 0 Å². The topological polar surface area (TPSA) is 38.4 Å². The van der Waals surface area contributed by atoms with Crippen LogP contribution in [0.1, 0.15) is 10.4 Å². The fourth-order valence-electron chi connectivity index (χ4n) is 1.30. The highest BCUT2D eigenvalue weighted by atomic mass is 79.9. The van der Waals surface area contributed by atoms with Crippen LogP contribution in [0.15, 0.2) is 51.2 Å². The van der Waals surface area contributed by atoms with E-state index in [4.69, 9.17) is 5.73 Å². The predicted molar refractivity (Wildman–Crippen MR) is 72.9 cm³/mol. The molecule has 16 heavy (non-hydrogen) atoms. The first kappa shape index (κ1) is 11.4. The Balaban J connectivity index is 2.08. The summed E-state index contributed by atoms with van der Waals surface area (Å²) in [6.45, 7) is 0.636. The number of rotatable bonds is 3. The first-order valence-corrected chi connectivity index (χ1v) is 6.46. The summed E-state index contributed by atoms with van der Waals surface area (Å²) in [5, 5.41) is 0. The van der Waals surface area contributed by atoms with Gasteiger partial charge in [0.1, 0.15) is 5.84 Å². The number of benzene rings is 1. The SMILES string of the molecule is NC(=NCc1ccc(Br)s1)c1ccccc1. The van der Waals surface area contributed by atoms with Crippen molar-refractivity contribution >= 4 is 33.1 Å². The quantitative estimate of drug-likeness (QED) is 0.684. The molecule has 0 spiro atoms. The van der Waals surface area contributed by atoms with Gasteiger partial charge in [0.25, 0.3) is 0 Å². The molecule has 0 aliphatic heterocycles. The van der Waals surface area contributed by atoms with Crippen molar-refractivity contribution in [2.24, 2.45) is 10.7 Å². The third-order valence-electron chi connectivity index (χ3n) is 2.10. The smallest absolute Gasteiger partial charge is 0.125 e. The molecule has 0 amide bonds. The molecule has 0 saturated heterocycles. The maximum Gasteiger partial charge on any atom is 0.125 e. The summed E-state index contributed by atoms with van der Waals surface area (Å²) in [6, 6.07) is 13.9. The fourth-order valence-corrected chi connectivity index (χ4v) is 2.71. The van der Waals surface area contributed by atoms with E-state index in [1.165, 1.54) is 4.88 Å². The minimum absolute atomic E-state index is 0.588. The van der Waals surface area contributed by atoms with Gasteiger partial charge < -0.3 is 5.73 Å². The standard InChI is InChI=1S/C12H11BrN2S/c13-11-7-6-10(16-11)8-15-12(14)9-4-2-1-3-5-9/h1-7H,8H2,(H2,14,15). The van der Waals surface area contributed by atoms with Crippen LogP contribution in [-0.4, -0.2) is 5.84 Å². The highest BCUT2D eigenvalue weighted by Gasteiger charge is 1.98. The molecule has 0 aliphatic carbocycles. The van der Waals surface area contributed by atoms with Crippen molar-refractivity contribution in [3.05, 3.63) is 56.7 Å². The zero-order valence-electron chi connectivity index (χ0n) is 8.56. The molecule has 82 valence electrons. The van der Waals surface area contributed by atoms with E-state index < -0.39 is 0 Å². The molecule has 0 aliphatic rings. The van der Waals surface area contributed by atoms with Crippen molar-refractivity contribution in [1.29, 1.82) is 0 Å². The molecule has 0 atom stereocenters. The number of halogens is 1. The van der Waals surface area contributed by atoms with E-state index in [-0.39, 0.29) is 0 Å². The lowest BCUT2D eigenvalue weighted by molar-refractivity contribution is 1.09. The number of nitrogens with zero attached hydrogens (tertiary/aromatic N) is 1. The third kappa shape index (κ3) is 2.93. The summed E-state index contributed by atoms with van der Waals surface area (Å²) >= 11 is 5.10. The van der Waals surface area contributed by atoms with Crippen LogP contribution < -0.4 is 5.73 Å². The summed E-state index contributed by atoms with van der Waals surface area (Å²) in [6.07, 6.45) is 0. The van der Waals surface area contributed by atoms with Gasteiger partial charge in [-0.15, -0.1) is 11.3 Å². The Kier molecular flexibility index (Phi) is 3.74. The Morgan fingerprint density at radius 2 is 1.94 bits per heavy atom. The number of hydrogen-bond donors (Lipinski definition) is 1. The van der Waals surface area contributed by atoms with E-state index in [1.807, 2.05) is 36.4 Å². The first-order chi connectivity index (χ1) is 7.75. The van der Waals surface area contributed by atoms with Crippen LogP contribution in [0.25, 0.3) is 0 Å². The van der Waals surface area contributed by atoms with Crippen LogP contribution in [0, 0.1) is 0 Å². The van der Waals surface area contributed by atoms with Gasteiger partial charge in [-0.1, -0.05) is 30.3 Å². The molecular formula is C12H11BrN2S. The molecule has 1 heterocycles. The van der Waals surface area contributed by atoms with E-state index in [9.17, 15) is 0 Å². The summed E-state index contributed by atoms with van der Waals surface area (Å²) in [4.78, 5) is 5.56. The minimum atomic E-state index is 0.588. The largest absolute Gasteiger partial charge is 0.383 e. The van der Waals surface area contributed by atoms with Gasteiger partial charge in [0.15, 0.2) is 0 Å². The molecule has 2 aromatic rings. The van der Waals surface area contributed by atoms with Crippen molar-refractivity contribution in [3.8, 4) is 0 Å². The number of amidine groups is 1. The van der Waals surface area contributed by atoms with Gasteiger partial charge in [-0.25, -0.2) is 0 Å². The van der Waals surface area contributed by atoms with Gasteiger partial charge in [0.05, 0.1) is 10.3 Å². The molecule has 0 radical (unpaired) electrons. The van der Waals surface area contributed by atoms with E-state index in [1.54, 1.807) is 11.3 Å². The van der Waals surface area contributed by atoms with E-state index >= 15 is 0 Å². The molecule has 0 unspecified atom stereocenters. The van der Waals surface area contributed by atoms with Gasteiger partial charge in [-0.3, -0.25) is 4.99 Å². The van der Waals surface area contributed by atoms with Crippen LogP contribution in [0.3, 0.4) is 0 Å². The average Bonchev–Trinajstić information content (AvgIpc) is 2.73. The van der Waals surface area contributed by atoms with Crippen molar-refractivity contribution in [3.63, 3.8) is 0 Å².